The standard InChI is InChI=1S/C15H15O/c1-13(15-10-6-3-7-11-15)16-12-14-8-4-2-5-9-14/h2-11H,12H2,1H3. The Kier molecular flexibility index (Phi) is 3.73. The summed E-state index contributed by atoms with van der Waals surface area (Å²) >= 11 is 0. The van der Waals surface area contributed by atoms with E-state index < -0.39 is 0 Å². The highest BCUT2D eigenvalue weighted by Gasteiger charge is 2.05. The molecule has 0 fully saturated rings. The minimum absolute atomic E-state index is 0.627. The molecule has 2 rings (SSSR count). The van der Waals surface area contributed by atoms with Crippen molar-refractivity contribution in [2.45, 2.75) is 13.5 Å². The van der Waals surface area contributed by atoms with Gasteiger partial charge in [0.1, 0.15) is 6.10 Å². The van der Waals surface area contributed by atoms with Gasteiger partial charge in [-0.25, -0.2) is 0 Å². The predicted octanol–water partition coefficient (Wildman–Crippen LogP) is 3.80. The zero-order chi connectivity index (χ0) is 11.2. The van der Waals surface area contributed by atoms with Gasteiger partial charge in [0.05, 0.1) is 6.61 Å². The maximum absolute atomic E-state index is 5.73. The minimum atomic E-state index is 0.627. The number of benzene rings is 2. The summed E-state index contributed by atoms with van der Waals surface area (Å²) in [6, 6.07) is 20.4. The van der Waals surface area contributed by atoms with Crippen LogP contribution in [0.25, 0.3) is 0 Å². The van der Waals surface area contributed by atoms with Gasteiger partial charge in [-0.2, -0.15) is 0 Å². The van der Waals surface area contributed by atoms with Crippen LogP contribution in [0.15, 0.2) is 60.7 Å². The maximum atomic E-state index is 5.73. The van der Waals surface area contributed by atoms with Crippen molar-refractivity contribution in [1.29, 1.82) is 0 Å². The van der Waals surface area contributed by atoms with E-state index in [9.17, 15) is 0 Å². The van der Waals surface area contributed by atoms with Crippen LogP contribution in [0.3, 0.4) is 0 Å². The van der Waals surface area contributed by atoms with Gasteiger partial charge in [-0.15, -0.1) is 0 Å². The Morgan fingerprint density at radius 3 is 2.06 bits per heavy atom. The molecule has 2 aromatic rings. The number of hydrogen-bond donors (Lipinski definition) is 0. The molecule has 81 valence electrons. The van der Waals surface area contributed by atoms with Crippen LogP contribution in [0.5, 0.6) is 0 Å². The molecule has 2 aromatic carbocycles. The van der Waals surface area contributed by atoms with Crippen LogP contribution in [0.4, 0.5) is 0 Å². The van der Waals surface area contributed by atoms with Crippen molar-refractivity contribution >= 4 is 0 Å². The van der Waals surface area contributed by atoms with E-state index in [4.69, 9.17) is 4.74 Å². The van der Waals surface area contributed by atoms with Crippen molar-refractivity contribution in [3.63, 3.8) is 0 Å². The number of hydrogen-bond acceptors (Lipinski definition) is 1. The first-order valence-electron chi connectivity index (χ1n) is 5.42. The molecular weight excluding hydrogens is 196 g/mol. The lowest BCUT2D eigenvalue weighted by Crippen LogP contribution is -2.00. The van der Waals surface area contributed by atoms with Gasteiger partial charge in [0.2, 0.25) is 0 Å². The van der Waals surface area contributed by atoms with Crippen LogP contribution >= 0.6 is 0 Å². The van der Waals surface area contributed by atoms with Crippen molar-refractivity contribution in [1.82, 2.24) is 0 Å². The topological polar surface area (TPSA) is 9.23 Å². The third kappa shape index (κ3) is 2.94. The largest absolute Gasteiger partial charge is 0.363 e. The first kappa shape index (κ1) is 10.9. The van der Waals surface area contributed by atoms with E-state index in [1.165, 1.54) is 5.56 Å². The summed E-state index contributed by atoms with van der Waals surface area (Å²) in [6.45, 7) is 2.62. The average Bonchev–Trinajstić information content (AvgIpc) is 2.38. The molecule has 0 aromatic heterocycles. The van der Waals surface area contributed by atoms with E-state index in [2.05, 4.69) is 24.3 Å². The molecule has 0 saturated heterocycles. The highest BCUT2D eigenvalue weighted by atomic mass is 16.5. The van der Waals surface area contributed by atoms with E-state index in [0.717, 1.165) is 11.7 Å². The normalized spacial score (nSPS) is 10.6. The lowest BCUT2D eigenvalue weighted by Gasteiger charge is -2.11. The number of rotatable bonds is 4. The van der Waals surface area contributed by atoms with E-state index in [1.54, 1.807) is 0 Å². The second-order valence-corrected chi connectivity index (χ2v) is 3.70. The molecule has 0 atom stereocenters. The number of ether oxygens (including phenoxy) is 1. The quantitative estimate of drug-likeness (QED) is 0.747. The van der Waals surface area contributed by atoms with Crippen LogP contribution in [-0.2, 0) is 11.3 Å². The summed E-state index contributed by atoms with van der Waals surface area (Å²) in [7, 11) is 0. The lowest BCUT2D eigenvalue weighted by molar-refractivity contribution is 0.153. The third-order valence-electron chi connectivity index (χ3n) is 2.48. The van der Waals surface area contributed by atoms with Gasteiger partial charge in [0, 0.05) is 0 Å². The Labute approximate surface area is 96.7 Å². The highest BCUT2D eigenvalue weighted by Crippen LogP contribution is 2.16. The Morgan fingerprint density at radius 2 is 1.44 bits per heavy atom. The van der Waals surface area contributed by atoms with Crippen molar-refractivity contribution < 1.29 is 4.74 Å². The molecule has 0 aliphatic heterocycles. The molecule has 0 heterocycles. The fourth-order valence-corrected chi connectivity index (χ4v) is 1.52. The summed E-state index contributed by atoms with van der Waals surface area (Å²) in [5, 5.41) is 0. The molecule has 0 amide bonds. The molecule has 1 heteroatoms. The van der Waals surface area contributed by atoms with Gasteiger partial charge < -0.3 is 4.74 Å². The first-order valence-corrected chi connectivity index (χ1v) is 5.42. The predicted molar refractivity (Wildman–Crippen MR) is 65.7 cm³/mol. The van der Waals surface area contributed by atoms with Crippen LogP contribution in [-0.4, -0.2) is 0 Å². The average molecular weight is 211 g/mol. The first-order chi connectivity index (χ1) is 7.86. The fourth-order valence-electron chi connectivity index (χ4n) is 1.52. The Balaban J connectivity index is 1.92. The molecular formula is C15H15O. The summed E-state index contributed by atoms with van der Waals surface area (Å²) in [5.74, 6) is 0. The lowest BCUT2D eigenvalue weighted by atomic mass is 10.1. The Hall–Kier alpha value is -1.60. The van der Waals surface area contributed by atoms with Gasteiger partial charge in [-0.05, 0) is 18.1 Å². The Morgan fingerprint density at radius 1 is 0.875 bits per heavy atom. The molecule has 0 saturated carbocycles. The van der Waals surface area contributed by atoms with Gasteiger partial charge in [0.15, 0.2) is 0 Å². The summed E-state index contributed by atoms with van der Waals surface area (Å²) in [6.07, 6.45) is 0.962. The smallest absolute Gasteiger partial charge is 0.123 e. The van der Waals surface area contributed by atoms with Crippen molar-refractivity contribution in [2.24, 2.45) is 0 Å². The molecule has 0 bridgehead atoms. The summed E-state index contributed by atoms with van der Waals surface area (Å²) in [5.41, 5.74) is 2.33. The summed E-state index contributed by atoms with van der Waals surface area (Å²) < 4.78 is 5.73. The van der Waals surface area contributed by atoms with Gasteiger partial charge in [-0.1, -0.05) is 60.7 Å². The van der Waals surface area contributed by atoms with Crippen molar-refractivity contribution in [3.8, 4) is 0 Å². The second kappa shape index (κ2) is 5.47. The van der Waals surface area contributed by atoms with E-state index in [1.807, 2.05) is 43.3 Å². The van der Waals surface area contributed by atoms with Gasteiger partial charge in [0.25, 0.3) is 0 Å². The van der Waals surface area contributed by atoms with Crippen molar-refractivity contribution in [2.75, 3.05) is 0 Å². The SMILES string of the molecule is C[C](OCc1ccccc1)c1ccccc1. The zero-order valence-electron chi connectivity index (χ0n) is 9.39. The molecule has 16 heavy (non-hydrogen) atoms. The molecule has 0 unspecified atom stereocenters. The zero-order valence-corrected chi connectivity index (χ0v) is 9.39. The van der Waals surface area contributed by atoms with E-state index in [0.29, 0.717) is 6.61 Å². The molecule has 0 N–H and O–H groups in total. The fraction of sp³-hybridized carbons (Fsp3) is 0.133. The molecule has 0 aliphatic carbocycles. The second-order valence-electron chi connectivity index (χ2n) is 3.70. The minimum Gasteiger partial charge on any atom is -0.363 e. The van der Waals surface area contributed by atoms with Crippen LogP contribution < -0.4 is 0 Å². The van der Waals surface area contributed by atoms with Gasteiger partial charge >= 0.3 is 0 Å². The monoisotopic (exact) mass is 211 g/mol. The maximum Gasteiger partial charge on any atom is 0.123 e. The van der Waals surface area contributed by atoms with Crippen LogP contribution in [0, 0.1) is 6.10 Å². The molecule has 0 aliphatic rings. The van der Waals surface area contributed by atoms with Gasteiger partial charge in [-0.3, -0.25) is 0 Å². The van der Waals surface area contributed by atoms with Crippen LogP contribution in [0.2, 0.25) is 0 Å². The summed E-state index contributed by atoms with van der Waals surface area (Å²) in [4.78, 5) is 0. The highest BCUT2D eigenvalue weighted by molar-refractivity contribution is 5.25. The molecule has 1 radical (unpaired) electrons. The van der Waals surface area contributed by atoms with E-state index in [-0.39, 0.29) is 0 Å². The molecule has 1 nitrogen and oxygen atoms in total. The third-order valence-corrected chi connectivity index (χ3v) is 2.48. The van der Waals surface area contributed by atoms with Crippen LogP contribution in [0.1, 0.15) is 18.1 Å². The Bertz CT molecular complexity index is 408. The van der Waals surface area contributed by atoms with E-state index >= 15 is 0 Å². The molecule has 0 spiro atoms. The van der Waals surface area contributed by atoms with Crippen molar-refractivity contribution in [3.05, 3.63) is 77.9 Å².